The van der Waals surface area contributed by atoms with Gasteiger partial charge in [-0.2, -0.15) is 0 Å². The van der Waals surface area contributed by atoms with Gasteiger partial charge in [0.2, 0.25) is 12.3 Å². The molecule has 2 aliphatic rings. The van der Waals surface area contributed by atoms with E-state index in [-0.39, 0.29) is 10.8 Å². The Kier molecular flexibility index (Phi) is 1.98. The molecule has 2 saturated heterocycles. The molecule has 0 aromatic carbocycles. The first-order chi connectivity index (χ1) is 6.18. The lowest BCUT2D eigenvalue weighted by atomic mass is 10.1. The minimum absolute atomic E-state index is 0.0760. The molecule has 0 N–H and O–H groups in total. The highest BCUT2D eigenvalue weighted by atomic mass is 32.2. The van der Waals surface area contributed by atoms with Crippen LogP contribution in [0.3, 0.4) is 0 Å². The van der Waals surface area contributed by atoms with Crippen LogP contribution in [0.25, 0.3) is 0 Å². The van der Waals surface area contributed by atoms with Crippen LogP contribution in [0.5, 0.6) is 0 Å². The van der Waals surface area contributed by atoms with Crippen LogP contribution in [0.15, 0.2) is 0 Å². The Hall–Kier alpha value is -0.710. The molecule has 0 bridgehead atoms. The molecule has 5 heteroatoms. The molecule has 4 nitrogen and oxygen atoms in total. The Morgan fingerprint density at radius 1 is 1.54 bits per heavy atom. The molecule has 0 aliphatic carbocycles. The van der Waals surface area contributed by atoms with Crippen LogP contribution in [0.1, 0.15) is 6.92 Å². The van der Waals surface area contributed by atoms with Crippen LogP contribution in [0.2, 0.25) is 0 Å². The highest BCUT2D eigenvalue weighted by Gasteiger charge is 2.51. The van der Waals surface area contributed by atoms with Crippen molar-refractivity contribution < 1.29 is 9.59 Å². The molecule has 2 rings (SSSR count). The molecule has 0 radical (unpaired) electrons. The van der Waals surface area contributed by atoms with E-state index in [9.17, 15) is 9.59 Å². The zero-order valence-corrected chi connectivity index (χ0v) is 8.34. The number of carbonyl (C=O) groups is 2. The molecule has 72 valence electrons. The van der Waals surface area contributed by atoms with Crippen molar-refractivity contribution in [2.24, 2.45) is 0 Å². The van der Waals surface area contributed by atoms with Crippen molar-refractivity contribution in [1.29, 1.82) is 0 Å². The van der Waals surface area contributed by atoms with Gasteiger partial charge in [0.25, 0.3) is 0 Å². The second-order valence-electron chi connectivity index (χ2n) is 3.47. The van der Waals surface area contributed by atoms with E-state index in [2.05, 4.69) is 0 Å². The molecule has 0 atom stereocenters. The van der Waals surface area contributed by atoms with Crippen molar-refractivity contribution in [3.05, 3.63) is 0 Å². The SMILES string of the molecule is CC(=O)N1CC2(C1)SCCN2C=O. The molecule has 0 unspecified atom stereocenters. The number of carbonyl (C=O) groups excluding carboxylic acids is 2. The predicted octanol–water partition coefficient (Wildman–Crippen LogP) is -0.250. The Morgan fingerprint density at radius 2 is 2.23 bits per heavy atom. The summed E-state index contributed by atoms with van der Waals surface area (Å²) in [5.41, 5.74) is 0. The van der Waals surface area contributed by atoms with Crippen molar-refractivity contribution in [3.63, 3.8) is 0 Å². The highest BCUT2D eigenvalue weighted by molar-refractivity contribution is 8.01. The van der Waals surface area contributed by atoms with E-state index < -0.39 is 0 Å². The Morgan fingerprint density at radius 3 is 2.77 bits per heavy atom. The van der Waals surface area contributed by atoms with Gasteiger partial charge in [0.1, 0.15) is 4.87 Å². The van der Waals surface area contributed by atoms with Gasteiger partial charge in [-0.15, -0.1) is 11.8 Å². The average molecular weight is 200 g/mol. The number of likely N-dealkylation sites (tertiary alicyclic amines) is 1. The summed E-state index contributed by atoms with van der Waals surface area (Å²) in [5, 5.41) is 0. The number of hydrogen-bond acceptors (Lipinski definition) is 3. The Labute approximate surface area is 81.2 Å². The maximum Gasteiger partial charge on any atom is 0.219 e. The molecular formula is C8H12N2O2S. The fourth-order valence-electron chi connectivity index (χ4n) is 1.82. The van der Waals surface area contributed by atoms with Crippen LogP contribution < -0.4 is 0 Å². The molecular weight excluding hydrogens is 188 g/mol. The second kappa shape index (κ2) is 2.90. The topological polar surface area (TPSA) is 40.6 Å². The summed E-state index contributed by atoms with van der Waals surface area (Å²) in [7, 11) is 0. The van der Waals surface area contributed by atoms with E-state index in [0.29, 0.717) is 13.1 Å². The van der Waals surface area contributed by atoms with E-state index in [1.165, 1.54) is 0 Å². The van der Waals surface area contributed by atoms with Crippen molar-refractivity contribution >= 4 is 24.1 Å². The van der Waals surface area contributed by atoms with E-state index in [1.807, 2.05) is 4.90 Å². The first-order valence-corrected chi connectivity index (χ1v) is 5.28. The molecule has 13 heavy (non-hydrogen) atoms. The van der Waals surface area contributed by atoms with Crippen molar-refractivity contribution in [1.82, 2.24) is 9.80 Å². The molecule has 0 aromatic heterocycles. The van der Waals surface area contributed by atoms with Crippen LogP contribution in [0.4, 0.5) is 0 Å². The zero-order chi connectivity index (χ0) is 9.47. The standard InChI is InChI=1S/C8H12N2O2S/c1-7(12)9-4-8(5-9)10(6-11)2-3-13-8/h6H,2-5H2,1H3. The summed E-state index contributed by atoms with van der Waals surface area (Å²) in [6.07, 6.45) is 0.900. The van der Waals surface area contributed by atoms with Gasteiger partial charge in [-0.3, -0.25) is 9.59 Å². The Bertz CT molecular complexity index is 251. The van der Waals surface area contributed by atoms with Crippen molar-refractivity contribution in [3.8, 4) is 0 Å². The van der Waals surface area contributed by atoms with Crippen molar-refractivity contribution in [2.45, 2.75) is 11.8 Å². The van der Waals surface area contributed by atoms with Gasteiger partial charge >= 0.3 is 0 Å². The van der Waals surface area contributed by atoms with Crippen molar-refractivity contribution in [2.75, 3.05) is 25.4 Å². The normalized spacial score (nSPS) is 24.7. The summed E-state index contributed by atoms with van der Waals surface area (Å²) >= 11 is 1.79. The lowest BCUT2D eigenvalue weighted by Crippen LogP contribution is -2.66. The van der Waals surface area contributed by atoms with Gasteiger partial charge in [0.05, 0.1) is 13.1 Å². The van der Waals surface area contributed by atoms with E-state index in [1.54, 1.807) is 23.6 Å². The minimum Gasteiger partial charge on any atom is -0.336 e. The molecule has 1 spiro atoms. The summed E-state index contributed by atoms with van der Waals surface area (Å²) < 4.78 is 0. The van der Waals surface area contributed by atoms with Gasteiger partial charge in [-0.1, -0.05) is 0 Å². The van der Waals surface area contributed by atoms with Crippen LogP contribution in [0, 0.1) is 0 Å². The number of hydrogen-bond donors (Lipinski definition) is 0. The van der Waals surface area contributed by atoms with E-state index >= 15 is 0 Å². The minimum atomic E-state index is -0.0760. The molecule has 0 saturated carbocycles. The summed E-state index contributed by atoms with van der Waals surface area (Å²) in [4.78, 5) is 25.2. The second-order valence-corrected chi connectivity index (χ2v) is 4.93. The molecule has 2 heterocycles. The van der Waals surface area contributed by atoms with E-state index in [0.717, 1.165) is 18.7 Å². The summed E-state index contributed by atoms with van der Waals surface area (Å²) in [5.74, 6) is 1.09. The van der Waals surface area contributed by atoms with Gasteiger partial charge < -0.3 is 9.80 Å². The smallest absolute Gasteiger partial charge is 0.219 e. The molecule has 0 aromatic rings. The molecule has 2 aliphatic heterocycles. The quantitative estimate of drug-likeness (QED) is 0.548. The number of nitrogens with zero attached hydrogens (tertiary/aromatic N) is 2. The number of rotatable bonds is 1. The van der Waals surface area contributed by atoms with E-state index in [4.69, 9.17) is 0 Å². The van der Waals surface area contributed by atoms with Crippen LogP contribution in [-0.4, -0.2) is 52.4 Å². The lowest BCUT2D eigenvalue weighted by Gasteiger charge is -2.50. The highest BCUT2D eigenvalue weighted by Crippen LogP contribution is 2.41. The first kappa shape index (κ1) is 8.87. The van der Waals surface area contributed by atoms with Crippen LogP contribution >= 0.6 is 11.8 Å². The number of amides is 2. The van der Waals surface area contributed by atoms with Gasteiger partial charge in [-0.05, 0) is 0 Å². The molecule has 2 fully saturated rings. The summed E-state index contributed by atoms with van der Waals surface area (Å²) in [6, 6.07) is 0. The zero-order valence-electron chi connectivity index (χ0n) is 7.52. The first-order valence-electron chi connectivity index (χ1n) is 4.29. The summed E-state index contributed by atoms with van der Waals surface area (Å²) in [6.45, 7) is 3.79. The van der Waals surface area contributed by atoms with Gasteiger partial charge in [0.15, 0.2) is 0 Å². The maximum absolute atomic E-state index is 11.0. The number of thioether (sulfide) groups is 1. The van der Waals surface area contributed by atoms with Crippen LogP contribution in [-0.2, 0) is 9.59 Å². The third kappa shape index (κ3) is 1.22. The third-order valence-corrected chi connectivity index (χ3v) is 4.09. The average Bonchev–Trinajstić information content (AvgIpc) is 2.43. The largest absolute Gasteiger partial charge is 0.336 e. The fourth-order valence-corrected chi connectivity index (χ4v) is 3.28. The lowest BCUT2D eigenvalue weighted by molar-refractivity contribution is -0.141. The monoisotopic (exact) mass is 200 g/mol. The maximum atomic E-state index is 11.0. The van der Waals surface area contributed by atoms with Gasteiger partial charge in [0, 0.05) is 19.2 Å². The molecule has 2 amide bonds. The predicted molar refractivity (Wildman–Crippen MR) is 50.2 cm³/mol. The Balaban J connectivity index is 2.01. The van der Waals surface area contributed by atoms with Gasteiger partial charge in [-0.25, -0.2) is 0 Å². The third-order valence-electron chi connectivity index (χ3n) is 2.67. The fraction of sp³-hybridized carbons (Fsp3) is 0.750.